The number of nitrogen functional groups attached to an aromatic ring is 1. The lowest BCUT2D eigenvalue weighted by atomic mass is 10.2. The molecule has 0 bridgehead atoms. The molecule has 2 rings (SSSR count). The van der Waals surface area contributed by atoms with Gasteiger partial charge in [-0.1, -0.05) is 27.5 Å². The number of anilines is 2. The molecule has 4 N–H and O–H groups in total. The average molecular weight is 342 g/mol. The standard InChI is InChI=1S/C13H10BrClN2O2/c14-7-1-4-12(18)9(5-7)13(19)17-11-3-2-8(16)6-10(11)15/h1-6,18H,16H2,(H,17,19). The Morgan fingerprint density at radius 3 is 2.68 bits per heavy atom. The molecule has 98 valence electrons. The number of carbonyl (C=O) groups excluding carboxylic acids is 1. The highest BCUT2D eigenvalue weighted by atomic mass is 79.9. The Balaban J connectivity index is 2.28. The van der Waals surface area contributed by atoms with Crippen molar-refractivity contribution in [1.29, 1.82) is 0 Å². The second kappa shape index (κ2) is 5.50. The van der Waals surface area contributed by atoms with Gasteiger partial charge in [0.1, 0.15) is 5.75 Å². The zero-order chi connectivity index (χ0) is 14.0. The van der Waals surface area contributed by atoms with E-state index in [-0.39, 0.29) is 11.3 Å². The van der Waals surface area contributed by atoms with Crippen molar-refractivity contribution < 1.29 is 9.90 Å². The van der Waals surface area contributed by atoms with Gasteiger partial charge < -0.3 is 16.2 Å². The average Bonchev–Trinajstić information content (AvgIpc) is 2.35. The van der Waals surface area contributed by atoms with Gasteiger partial charge in [0.25, 0.3) is 5.91 Å². The SMILES string of the molecule is Nc1ccc(NC(=O)c2cc(Br)ccc2O)c(Cl)c1. The van der Waals surface area contributed by atoms with Crippen molar-refractivity contribution in [2.45, 2.75) is 0 Å². The lowest BCUT2D eigenvalue weighted by molar-refractivity contribution is 0.102. The first-order chi connectivity index (χ1) is 8.97. The van der Waals surface area contributed by atoms with Crippen LogP contribution in [0.15, 0.2) is 40.9 Å². The Bertz CT molecular complexity index is 647. The van der Waals surface area contributed by atoms with Gasteiger partial charge in [0.05, 0.1) is 16.3 Å². The number of aromatic hydroxyl groups is 1. The molecule has 0 aliphatic rings. The largest absolute Gasteiger partial charge is 0.507 e. The number of nitrogens with two attached hydrogens (primary N) is 1. The summed E-state index contributed by atoms with van der Waals surface area (Å²) < 4.78 is 0.693. The van der Waals surface area contributed by atoms with E-state index < -0.39 is 5.91 Å². The van der Waals surface area contributed by atoms with Crippen LogP contribution in [0.4, 0.5) is 11.4 Å². The molecule has 0 spiro atoms. The van der Waals surface area contributed by atoms with E-state index in [1.165, 1.54) is 18.2 Å². The summed E-state index contributed by atoms with van der Waals surface area (Å²) in [5.41, 5.74) is 6.66. The highest BCUT2D eigenvalue weighted by molar-refractivity contribution is 9.10. The second-order valence-corrected chi connectivity index (χ2v) is 5.18. The third-order valence-electron chi connectivity index (χ3n) is 2.44. The fourth-order valence-electron chi connectivity index (χ4n) is 1.51. The molecule has 4 nitrogen and oxygen atoms in total. The molecule has 19 heavy (non-hydrogen) atoms. The number of carbonyl (C=O) groups is 1. The van der Waals surface area contributed by atoms with Crippen LogP contribution in [0.2, 0.25) is 5.02 Å². The minimum absolute atomic E-state index is 0.104. The fraction of sp³-hybridized carbons (Fsp3) is 0. The van der Waals surface area contributed by atoms with Crippen LogP contribution in [0, 0.1) is 0 Å². The van der Waals surface area contributed by atoms with Crippen molar-refractivity contribution in [3.05, 3.63) is 51.5 Å². The number of amides is 1. The van der Waals surface area contributed by atoms with Gasteiger partial charge >= 0.3 is 0 Å². The molecule has 0 radical (unpaired) electrons. The number of nitrogens with one attached hydrogen (secondary N) is 1. The van der Waals surface area contributed by atoms with Crippen molar-refractivity contribution in [1.82, 2.24) is 0 Å². The monoisotopic (exact) mass is 340 g/mol. The Hall–Kier alpha value is -1.72. The lowest BCUT2D eigenvalue weighted by Gasteiger charge is -2.09. The minimum Gasteiger partial charge on any atom is -0.507 e. The Morgan fingerprint density at radius 2 is 2.00 bits per heavy atom. The highest BCUT2D eigenvalue weighted by Gasteiger charge is 2.13. The molecule has 0 aliphatic carbocycles. The quantitative estimate of drug-likeness (QED) is 0.730. The second-order valence-electron chi connectivity index (χ2n) is 3.85. The van der Waals surface area contributed by atoms with E-state index >= 15 is 0 Å². The Kier molecular flexibility index (Phi) is 3.97. The van der Waals surface area contributed by atoms with Crippen LogP contribution in [-0.2, 0) is 0 Å². The first kappa shape index (κ1) is 13.7. The number of hydrogen-bond donors (Lipinski definition) is 3. The third kappa shape index (κ3) is 3.19. The van der Waals surface area contributed by atoms with Crippen LogP contribution < -0.4 is 11.1 Å². The number of phenols is 1. The molecular formula is C13H10BrClN2O2. The summed E-state index contributed by atoms with van der Waals surface area (Å²) in [6.07, 6.45) is 0. The molecule has 0 unspecified atom stereocenters. The van der Waals surface area contributed by atoms with E-state index in [4.69, 9.17) is 17.3 Å². The molecule has 1 amide bonds. The van der Waals surface area contributed by atoms with Gasteiger partial charge in [-0.2, -0.15) is 0 Å². The molecule has 0 aromatic heterocycles. The fourth-order valence-corrected chi connectivity index (χ4v) is 2.11. The van der Waals surface area contributed by atoms with E-state index in [1.54, 1.807) is 18.2 Å². The molecule has 0 saturated heterocycles. The van der Waals surface area contributed by atoms with Crippen molar-refractivity contribution in [3.8, 4) is 5.75 Å². The number of hydrogen-bond acceptors (Lipinski definition) is 3. The number of benzene rings is 2. The van der Waals surface area contributed by atoms with Crippen molar-refractivity contribution in [2.75, 3.05) is 11.1 Å². The minimum atomic E-state index is -0.453. The van der Waals surface area contributed by atoms with Crippen LogP contribution in [0.3, 0.4) is 0 Å². The van der Waals surface area contributed by atoms with Gasteiger partial charge in [-0.15, -0.1) is 0 Å². The Morgan fingerprint density at radius 1 is 1.26 bits per heavy atom. The van der Waals surface area contributed by atoms with Crippen LogP contribution in [0.5, 0.6) is 5.75 Å². The smallest absolute Gasteiger partial charge is 0.259 e. The van der Waals surface area contributed by atoms with Crippen molar-refractivity contribution in [3.63, 3.8) is 0 Å². The molecule has 0 saturated carbocycles. The number of phenolic OH excluding ortho intramolecular Hbond substituents is 1. The molecule has 0 heterocycles. The van der Waals surface area contributed by atoms with Gasteiger partial charge in [0.15, 0.2) is 0 Å². The van der Waals surface area contributed by atoms with E-state index in [9.17, 15) is 9.90 Å². The van der Waals surface area contributed by atoms with E-state index in [0.717, 1.165) is 0 Å². The molecule has 0 fully saturated rings. The van der Waals surface area contributed by atoms with Crippen molar-refractivity contribution >= 4 is 44.8 Å². The molecule has 2 aromatic rings. The van der Waals surface area contributed by atoms with Gasteiger partial charge in [-0.05, 0) is 36.4 Å². The molecule has 6 heteroatoms. The van der Waals surface area contributed by atoms with Crippen LogP contribution >= 0.6 is 27.5 Å². The summed E-state index contributed by atoms with van der Waals surface area (Å²) in [5, 5.41) is 12.6. The van der Waals surface area contributed by atoms with Crippen LogP contribution in [0.1, 0.15) is 10.4 Å². The summed E-state index contributed by atoms with van der Waals surface area (Å²) in [5.74, 6) is -0.558. The van der Waals surface area contributed by atoms with E-state index in [0.29, 0.717) is 20.9 Å². The van der Waals surface area contributed by atoms with E-state index in [2.05, 4.69) is 21.2 Å². The maximum atomic E-state index is 12.0. The normalized spacial score (nSPS) is 10.2. The van der Waals surface area contributed by atoms with Gasteiger partial charge in [-0.25, -0.2) is 0 Å². The number of halogens is 2. The van der Waals surface area contributed by atoms with Gasteiger partial charge in [0.2, 0.25) is 0 Å². The van der Waals surface area contributed by atoms with Crippen LogP contribution in [0.25, 0.3) is 0 Å². The molecule has 2 aromatic carbocycles. The summed E-state index contributed by atoms with van der Waals surface area (Å²) in [6.45, 7) is 0. The predicted molar refractivity (Wildman–Crippen MR) is 79.6 cm³/mol. The summed E-state index contributed by atoms with van der Waals surface area (Å²) in [4.78, 5) is 12.0. The maximum absolute atomic E-state index is 12.0. The first-order valence-electron chi connectivity index (χ1n) is 5.32. The third-order valence-corrected chi connectivity index (χ3v) is 3.25. The molecular weight excluding hydrogens is 332 g/mol. The Labute approximate surface area is 123 Å². The summed E-state index contributed by atoms with van der Waals surface area (Å²) in [6, 6.07) is 9.37. The van der Waals surface area contributed by atoms with E-state index in [1.807, 2.05) is 0 Å². The highest BCUT2D eigenvalue weighted by Crippen LogP contribution is 2.27. The first-order valence-corrected chi connectivity index (χ1v) is 6.49. The maximum Gasteiger partial charge on any atom is 0.259 e. The van der Waals surface area contributed by atoms with Crippen molar-refractivity contribution in [2.24, 2.45) is 0 Å². The topological polar surface area (TPSA) is 75.3 Å². The zero-order valence-electron chi connectivity index (χ0n) is 9.65. The molecule has 0 atom stereocenters. The van der Waals surface area contributed by atoms with Gasteiger partial charge in [-0.3, -0.25) is 4.79 Å². The van der Waals surface area contributed by atoms with Gasteiger partial charge in [0, 0.05) is 10.2 Å². The summed E-state index contributed by atoms with van der Waals surface area (Å²) in [7, 11) is 0. The summed E-state index contributed by atoms with van der Waals surface area (Å²) >= 11 is 9.21. The van der Waals surface area contributed by atoms with Crippen LogP contribution in [-0.4, -0.2) is 11.0 Å². The number of rotatable bonds is 2. The predicted octanol–water partition coefficient (Wildman–Crippen LogP) is 3.64. The lowest BCUT2D eigenvalue weighted by Crippen LogP contribution is -2.12. The zero-order valence-corrected chi connectivity index (χ0v) is 12.0. The molecule has 0 aliphatic heterocycles.